The molecular weight excluding hydrogens is 427 g/mol. The van der Waals surface area contributed by atoms with Gasteiger partial charge in [0.2, 0.25) is 0 Å². The van der Waals surface area contributed by atoms with Crippen molar-refractivity contribution in [3.05, 3.63) is 106 Å². The maximum atomic E-state index is 13.1. The highest BCUT2D eigenvalue weighted by molar-refractivity contribution is 7.98. The fourth-order valence-electron chi connectivity index (χ4n) is 3.30. The molecular formula is C24H21FN4O2S. The van der Waals surface area contributed by atoms with E-state index in [9.17, 15) is 14.0 Å². The van der Waals surface area contributed by atoms with Gasteiger partial charge in [0.25, 0.3) is 11.5 Å². The van der Waals surface area contributed by atoms with Crippen LogP contribution >= 0.6 is 11.8 Å². The standard InChI is InChI=1S/C24H21FN4O2S/c1-16-21(24(31)29(28(16)2)19-7-4-3-5-8-19)27-22(30)20-9-6-14-26-23(20)32-15-17-10-12-18(25)13-11-17/h3-14H,15H2,1-2H3,(H,27,30). The number of hydrogen-bond acceptors (Lipinski definition) is 4. The van der Waals surface area contributed by atoms with Crippen LogP contribution in [0.25, 0.3) is 5.69 Å². The van der Waals surface area contributed by atoms with Crippen molar-refractivity contribution in [3.8, 4) is 5.69 Å². The summed E-state index contributed by atoms with van der Waals surface area (Å²) in [7, 11) is 1.77. The van der Waals surface area contributed by atoms with E-state index in [4.69, 9.17) is 0 Å². The molecule has 0 bridgehead atoms. The van der Waals surface area contributed by atoms with Gasteiger partial charge in [-0.3, -0.25) is 14.3 Å². The molecule has 0 saturated heterocycles. The minimum Gasteiger partial charge on any atom is -0.316 e. The van der Waals surface area contributed by atoms with Crippen LogP contribution in [-0.4, -0.2) is 20.3 Å². The number of benzene rings is 2. The third-order valence-corrected chi connectivity index (χ3v) is 6.17. The van der Waals surface area contributed by atoms with E-state index in [0.717, 1.165) is 5.56 Å². The Bertz CT molecular complexity index is 1310. The molecule has 2 aromatic carbocycles. The quantitative estimate of drug-likeness (QED) is 0.439. The summed E-state index contributed by atoms with van der Waals surface area (Å²) in [5.74, 6) is -0.176. The zero-order valence-corrected chi connectivity index (χ0v) is 18.4. The number of nitrogens with zero attached hydrogens (tertiary/aromatic N) is 3. The Labute approximate surface area is 188 Å². The maximum Gasteiger partial charge on any atom is 0.295 e. The second kappa shape index (κ2) is 9.23. The zero-order chi connectivity index (χ0) is 22.7. The number of para-hydroxylation sites is 1. The summed E-state index contributed by atoms with van der Waals surface area (Å²) in [6.07, 6.45) is 1.61. The summed E-state index contributed by atoms with van der Waals surface area (Å²) < 4.78 is 16.4. The van der Waals surface area contributed by atoms with Crippen LogP contribution < -0.4 is 10.9 Å². The molecule has 2 heterocycles. The molecule has 0 atom stereocenters. The van der Waals surface area contributed by atoms with E-state index in [1.165, 1.54) is 28.6 Å². The highest BCUT2D eigenvalue weighted by Gasteiger charge is 2.20. The van der Waals surface area contributed by atoms with Gasteiger partial charge in [0, 0.05) is 19.0 Å². The molecule has 0 radical (unpaired) electrons. The second-order valence-corrected chi connectivity index (χ2v) is 8.13. The first-order valence-electron chi connectivity index (χ1n) is 9.93. The summed E-state index contributed by atoms with van der Waals surface area (Å²) >= 11 is 1.38. The average Bonchev–Trinajstić information content (AvgIpc) is 3.02. The number of anilines is 1. The van der Waals surface area contributed by atoms with Gasteiger partial charge in [0.05, 0.1) is 16.9 Å². The van der Waals surface area contributed by atoms with E-state index in [-0.39, 0.29) is 17.1 Å². The van der Waals surface area contributed by atoms with Gasteiger partial charge in [-0.25, -0.2) is 14.1 Å². The first-order chi connectivity index (χ1) is 15.5. The summed E-state index contributed by atoms with van der Waals surface area (Å²) in [4.78, 5) is 30.5. The van der Waals surface area contributed by atoms with Gasteiger partial charge in [-0.15, -0.1) is 11.8 Å². The lowest BCUT2D eigenvalue weighted by Gasteiger charge is -2.09. The fourth-order valence-corrected chi connectivity index (χ4v) is 4.25. The monoisotopic (exact) mass is 448 g/mol. The average molecular weight is 449 g/mol. The second-order valence-electron chi connectivity index (χ2n) is 7.16. The van der Waals surface area contributed by atoms with Crippen molar-refractivity contribution < 1.29 is 9.18 Å². The molecule has 0 aliphatic rings. The number of halogens is 1. The third kappa shape index (κ3) is 4.36. The van der Waals surface area contributed by atoms with Gasteiger partial charge in [0.15, 0.2) is 0 Å². The Kier molecular flexibility index (Phi) is 6.23. The molecule has 0 unspecified atom stereocenters. The topological polar surface area (TPSA) is 68.9 Å². The van der Waals surface area contributed by atoms with Crippen LogP contribution in [0.15, 0.2) is 82.7 Å². The Morgan fingerprint density at radius 3 is 2.50 bits per heavy atom. The summed E-state index contributed by atoms with van der Waals surface area (Å²) in [6, 6.07) is 18.8. The molecule has 162 valence electrons. The number of aromatic nitrogens is 3. The summed E-state index contributed by atoms with van der Waals surface area (Å²) in [5, 5.41) is 3.31. The molecule has 1 amide bonds. The van der Waals surface area contributed by atoms with Crippen molar-refractivity contribution in [1.82, 2.24) is 14.3 Å². The largest absolute Gasteiger partial charge is 0.316 e. The fraction of sp³-hybridized carbons (Fsp3) is 0.125. The molecule has 8 heteroatoms. The molecule has 2 aromatic heterocycles. The number of nitrogens with one attached hydrogen (secondary N) is 1. The minimum absolute atomic E-state index is 0.222. The van der Waals surface area contributed by atoms with Gasteiger partial charge in [0.1, 0.15) is 16.5 Å². The van der Waals surface area contributed by atoms with E-state index in [0.29, 0.717) is 27.7 Å². The van der Waals surface area contributed by atoms with Crippen molar-refractivity contribution >= 4 is 23.4 Å². The molecule has 1 N–H and O–H groups in total. The molecule has 0 spiro atoms. The molecule has 4 aromatic rings. The number of carbonyl (C=O) groups is 1. The molecule has 0 aliphatic carbocycles. The normalized spacial score (nSPS) is 10.8. The van der Waals surface area contributed by atoms with Crippen LogP contribution in [0, 0.1) is 12.7 Å². The molecule has 32 heavy (non-hydrogen) atoms. The molecule has 0 aliphatic heterocycles. The van der Waals surface area contributed by atoms with Crippen molar-refractivity contribution in [2.75, 3.05) is 5.32 Å². The van der Waals surface area contributed by atoms with Crippen molar-refractivity contribution in [2.24, 2.45) is 7.05 Å². The zero-order valence-electron chi connectivity index (χ0n) is 17.6. The SMILES string of the molecule is Cc1c(NC(=O)c2cccnc2SCc2ccc(F)cc2)c(=O)n(-c2ccccc2)n1C. The number of carbonyl (C=O) groups excluding carboxylic acids is 1. The number of amides is 1. The van der Waals surface area contributed by atoms with Crippen LogP contribution in [0.5, 0.6) is 0 Å². The lowest BCUT2D eigenvalue weighted by molar-refractivity contribution is 0.102. The molecule has 4 rings (SSSR count). The van der Waals surface area contributed by atoms with Crippen LogP contribution in [-0.2, 0) is 12.8 Å². The Balaban J connectivity index is 1.59. The highest BCUT2D eigenvalue weighted by Crippen LogP contribution is 2.25. The van der Waals surface area contributed by atoms with Crippen LogP contribution in [0.2, 0.25) is 0 Å². The van der Waals surface area contributed by atoms with Crippen molar-refractivity contribution in [2.45, 2.75) is 17.7 Å². The van der Waals surface area contributed by atoms with Crippen LogP contribution in [0.4, 0.5) is 10.1 Å². The molecule has 6 nitrogen and oxygen atoms in total. The summed E-state index contributed by atoms with van der Waals surface area (Å²) in [5.41, 5.74) is 2.54. The number of thioether (sulfide) groups is 1. The predicted molar refractivity (Wildman–Crippen MR) is 124 cm³/mol. The van der Waals surface area contributed by atoms with E-state index in [1.807, 2.05) is 30.3 Å². The Hall–Kier alpha value is -3.65. The van der Waals surface area contributed by atoms with Gasteiger partial charge < -0.3 is 5.32 Å². The van der Waals surface area contributed by atoms with E-state index in [1.54, 1.807) is 49.1 Å². The maximum absolute atomic E-state index is 13.1. The Morgan fingerprint density at radius 1 is 1.06 bits per heavy atom. The minimum atomic E-state index is -0.411. The van der Waals surface area contributed by atoms with Gasteiger partial charge in [-0.1, -0.05) is 30.3 Å². The van der Waals surface area contributed by atoms with Crippen molar-refractivity contribution in [1.29, 1.82) is 0 Å². The van der Waals surface area contributed by atoms with Gasteiger partial charge in [-0.2, -0.15) is 0 Å². The number of rotatable bonds is 6. The van der Waals surface area contributed by atoms with E-state index < -0.39 is 5.91 Å². The van der Waals surface area contributed by atoms with E-state index in [2.05, 4.69) is 10.3 Å². The first-order valence-corrected chi connectivity index (χ1v) is 10.9. The summed E-state index contributed by atoms with van der Waals surface area (Å²) in [6.45, 7) is 1.78. The van der Waals surface area contributed by atoms with Crippen molar-refractivity contribution in [3.63, 3.8) is 0 Å². The van der Waals surface area contributed by atoms with Crippen LogP contribution in [0.1, 0.15) is 21.6 Å². The molecule has 0 saturated carbocycles. The highest BCUT2D eigenvalue weighted by atomic mass is 32.2. The number of hydrogen-bond donors (Lipinski definition) is 1. The van der Waals surface area contributed by atoms with Gasteiger partial charge in [-0.05, 0) is 48.9 Å². The van der Waals surface area contributed by atoms with Gasteiger partial charge >= 0.3 is 0 Å². The van der Waals surface area contributed by atoms with Crippen LogP contribution in [0.3, 0.4) is 0 Å². The molecule has 0 fully saturated rings. The Morgan fingerprint density at radius 2 is 1.78 bits per heavy atom. The third-order valence-electron chi connectivity index (χ3n) is 5.10. The smallest absolute Gasteiger partial charge is 0.295 e. The van der Waals surface area contributed by atoms with E-state index >= 15 is 0 Å². The predicted octanol–water partition coefficient (Wildman–Crippen LogP) is 4.56. The number of pyridine rings is 1. The lowest BCUT2D eigenvalue weighted by Crippen LogP contribution is -2.23. The first kappa shape index (κ1) is 21.6. The lowest BCUT2D eigenvalue weighted by atomic mass is 10.2.